The van der Waals surface area contributed by atoms with Crippen LogP contribution in [0.2, 0.25) is 0 Å². The number of para-hydroxylation sites is 4. The van der Waals surface area contributed by atoms with Gasteiger partial charge in [-0.05, 0) is 131 Å². The quantitative estimate of drug-likeness (QED) is 0.154. The molecule has 77 heavy (non-hydrogen) atoms. The Bertz CT molecular complexity index is 4690. The van der Waals surface area contributed by atoms with Gasteiger partial charge in [0, 0.05) is 27.4 Å². The first kappa shape index (κ1) is 43.4. The molecule has 0 radical (unpaired) electrons. The molecule has 0 bridgehead atoms. The van der Waals surface area contributed by atoms with Gasteiger partial charge < -0.3 is 9.47 Å². The van der Waals surface area contributed by atoms with Crippen molar-refractivity contribution in [1.82, 2.24) is 4.57 Å². The van der Waals surface area contributed by atoms with E-state index in [1.807, 2.05) is 0 Å². The van der Waals surface area contributed by atoms with Crippen LogP contribution in [0, 0.1) is 0 Å². The van der Waals surface area contributed by atoms with Gasteiger partial charge in [-0.2, -0.15) is 0 Å². The van der Waals surface area contributed by atoms with E-state index in [-0.39, 0.29) is 0 Å². The lowest BCUT2D eigenvalue weighted by Gasteiger charge is -2.39. The van der Waals surface area contributed by atoms with Gasteiger partial charge in [-0.25, -0.2) is 0 Å². The summed E-state index contributed by atoms with van der Waals surface area (Å²) in [6.45, 7) is 0. The smallest absolute Gasteiger partial charge is 0.0754 e. The normalized spacial score (nSPS) is 14.0. The predicted octanol–water partition coefficient (Wildman–Crippen LogP) is 19.9. The summed E-state index contributed by atoms with van der Waals surface area (Å²) in [4.78, 5) is 2.49. The summed E-state index contributed by atoms with van der Waals surface area (Å²) in [5.74, 6) is 0. The Morgan fingerprint density at radius 1 is 0.273 bits per heavy atom. The molecule has 1 aliphatic carbocycles. The average Bonchev–Trinajstić information content (AvgIpc) is 4.23. The number of rotatable bonds is 7. The molecular weight excluding hydrogens is 929 g/mol. The van der Waals surface area contributed by atoms with E-state index in [4.69, 9.17) is 0 Å². The van der Waals surface area contributed by atoms with Crippen molar-refractivity contribution in [2.45, 2.75) is 5.41 Å². The Kier molecular flexibility index (Phi) is 9.58. The van der Waals surface area contributed by atoms with Crippen molar-refractivity contribution in [3.8, 4) is 61.3 Å². The molecule has 13 aromatic carbocycles. The molecule has 0 saturated heterocycles. The Balaban J connectivity index is 0.912. The van der Waals surface area contributed by atoms with E-state index in [1.165, 1.54) is 121 Å². The minimum absolute atomic E-state index is 0.549. The van der Waals surface area contributed by atoms with E-state index in [0.29, 0.717) is 0 Å². The summed E-state index contributed by atoms with van der Waals surface area (Å²) in [5, 5.41) is 7.42. The van der Waals surface area contributed by atoms with E-state index in [0.717, 1.165) is 22.6 Å². The third-order valence-corrected chi connectivity index (χ3v) is 16.8. The minimum atomic E-state index is -0.549. The molecule has 1 unspecified atom stereocenters. The van der Waals surface area contributed by atoms with Crippen LogP contribution in [0.5, 0.6) is 0 Å². The van der Waals surface area contributed by atoms with Crippen molar-refractivity contribution in [2.75, 3.05) is 4.90 Å². The lowest BCUT2D eigenvalue weighted by Crippen LogP contribution is -2.33. The SMILES string of the molecule is c1ccc(-c2ccccc2-c2ccccc2N(c2ccc(-c3cccc4ccccc34)cc2)c2ccc(-c3ccc4c(c3)C3(c5ccccc5-4)c4ccccc4-n4c5ccccc5c5cccc3c54)c3ccccc23)cc1. The van der Waals surface area contributed by atoms with Crippen molar-refractivity contribution < 1.29 is 0 Å². The average molecular weight is 977 g/mol. The number of anilines is 3. The molecule has 2 nitrogen and oxygen atoms in total. The van der Waals surface area contributed by atoms with E-state index in [1.54, 1.807) is 0 Å². The lowest BCUT2D eigenvalue weighted by molar-refractivity contribution is 0.749. The van der Waals surface area contributed by atoms with Crippen LogP contribution < -0.4 is 4.90 Å². The van der Waals surface area contributed by atoms with Crippen molar-refractivity contribution in [3.05, 3.63) is 313 Å². The summed E-state index contributed by atoms with van der Waals surface area (Å²) < 4.78 is 2.53. The Hall–Kier alpha value is -10.0. The summed E-state index contributed by atoms with van der Waals surface area (Å²) in [7, 11) is 0. The second-order valence-electron chi connectivity index (χ2n) is 20.6. The van der Waals surface area contributed by atoms with Crippen LogP contribution in [-0.4, -0.2) is 4.57 Å². The molecule has 1 aliphatic heterocycles. The highest BCUT2D eigenvalue weighted by molar-refractivity contribution is 6.13. The van der Waals surface area contributed by atoms with Crippen LogP contribution in [0.3, 0.4) is 0 Å². The molecule has 0 fully saturated rings. The van der Waals surface area contributed by atoms with Crippen LogP contribution in [0.4, 0.5) is 17.1 Å². The van der Waals surface area contributed by atoms with Crippen molar-refractivity contribution in [2.24, 2.45) is 0 Å². The topological polar surface area (TPSA) is 8.17 Å². The molecule has 0 amide bonds. The molecule has 1 atom stereocenters. The fourth-order valence-electron chi connectivity index (χ4n) is 13.6. The van der Waals surface area contributed by atoms with Gasteiger partial charge in [-0.1, -0.05) is 249 Å². The third kappa shape index (κ3) is 6.30. The zero-order valence-corrected chi connectivity index (χ0v) is 42.1. The van der Waals surface area contributed by atoms with E-state index in [2.05, 4.69) is 301 Å². The first-order valence-corrected chi connectivity index (χ1v) is 26.8. The molecule has 2 heteroatoms. The first-order valence-electron chi connectivity index (χ1n) is 26.8. The maximum atomic E-state index is 2.53. The molecule has 0 N–H and O–H groups in total. The second kappa shape index (κ2) is 17.0. The first-order chi connectivity index (χ1) is 38.2. The number of fused-ring (bicyclic) bond motifs is 14. The molecular formula is C75H48N2. The summed E-state index contributed by atoms with van der Waals surface area (Å²) in [6.07, 6.45) is 0. The van der Waals surface area contributed by atoms with Crippen LogP contribution in [0.1, 0.15) is 22.3 Å². The van der Waals surface area contributed by atoms with Crippen molar-refractivity contribution in [3.63, 3.8) is 0 Å². The molecule has 1 spiro atoms. The zero-order chi connectivity index (χ0) is 50.6. The lowest BCUT2D eigenvalue weighted by atomic mass is 9.65. The summed E-state index contributed by atoms with van der Waals surface area (Å²) >= 11 is 0. The van der Waals surface area contributed by atoms with Gasteiger partial charge in [0.25, 0.3) is 0 Å². The maximum absolute atomic E-state index is 2.53. The Morgan fingerprint density at radius 3 is 1.68 bits per heavy atom. The molecule has 2 aliphatic rings. The van der Waals surface area contributed by atoms with Crippen LogP contribution in [0.15, 0.2) is 291 Å². The second-order valence-corrected chi connectivity index (χ2v) is 20.6. The molecule has 16 rings (SSSR count). The van der Waals surface area contributed by atoms with Gasteiger partial charge in [-0.3, -0.25) is 0 Å². The highest BCUT2D eigenvalue weighted by Crippen LogP contribution is 2.62. The van der Waals surface area contributed by atoms with Gasteiger partial charge >= 0.3 is 0 Å². The van der Waals surface area contributed by atoms with E-state index in [9.17, 15) is 0 Å². The molecule has 14 aromatic rings. The molecule has 0 saturated carbocycles. The van der Waals surface area contributed by atoms with Crippen molar-refractivity contribution in [1.29, 1.82) is 0 Å². The maximum Gasteiger partial charge on any atom is 0.0754 e. The van der Waals surface area contributed by atoms with Crippen LogP contribution >= 0.6 is 0 Å². The largest absolute Gasteiger partial charge is 0.309 e. The van der Waals surface area contributed by atoms with Gasteiger partial charge in [0.15, 0.2) is 0 Å². The van der Waals surface area contributed by atoms with E-state index < -0.39 is 5.41 Å². The third-order valence-electron chi connectivity index (χ3n) is 16.8. The zero-order valence-electron chi connectivity index (χ0n) is 42.1. The van der Waals surface area contributed by atoms with Crippen LogP contribution in [-0.2, 0) is 5.41 Å². The number of nitrogens with zero attached hydrogens (tertiary/aromatic N) is 2. The van der Waals surface area contributed by atoms with Gasteiger partial charge in [0.05, 0.1) is 33.5 Å². The Labute approximate surface area is 447 Å². The predicted molar refractivity (Wildman–Crippen MR) is 323 cm³/mol. The minimum Gasteiger partial charge on any atom is -0.309 e. The van der Waals surface area contributed by atoms with Gasteiger partial charge in [-0.15, -0.1) is 0 Å². The molecule has 2 heterocycles. The number of aromatic nitrogens is 1. The number of benzene rings is 13. The standard InChI is InChI=1S/C75H48N2/c1-2-20-49(21-3-1)56-25-6-7-26-58(56)62-30-11-15-37-70(62)76(53-43-40-51(41-44-53)55-32-18-23-50-22-4-5-24-54(50)55)72-47-46-57(59-27-8-9-29-63(59)72)52-42-45-61-60-28-10-13-34-66(60)75(69(61)48-52)67-35-14-17-39-73(67)77-71-38-16-12-31-64(71)65-33-19-36-68(75)74(65)77/h1-48H. The fourth-order valence-corrected chi connectivity index (χ4v) is 13.6. The van der Waals surface area contributed by atoms with Crippen molar-refractivity contribution >= 4 is 60.4 Å². The van der Waals surface area contributed by atoms with Crippen LogP contribution in [0.25, 0.3) is 105 Å². The summed E-state index contributed by atoms with van der Waals surface area (Å²) in [6, 6.07) is 108. The molecule has 358 valence electrons. The van der Waals surface area contributed by atoms with E-state index >= 15 is 0 Å². The number of hydrogen-bond acceptors (Lipinski definition) is 1. The Morgan fingerprint density at radius 2 is 0.818 bits per heavy atom. The monoisotopic (exact) mass is 976 g/mol. The van der Waals surface area contributed by atoms with Gasteiger partial charge in [0.1, 0.15) is 0 Å². The highest BCUT2D eigenvalue weighted by Gasteiger charge is 2.51. The highest BCUT2D eigenvalue weighted by atomic mass is 15.1. The summed E-state index contributed by atoms with van der Waals surface area (Å²) in [5.41, 5.74) is 23.9. The number of hydrogen-bond donors (Lipinski definition) is 0. The molecule has 1 aromatic heterocycles. The fraction of sp³-hybridized carbons (Fsp3) is 0.0133. The van der Waals surface area contributed by atoms with Gasteiger partial charge in [0.2, 0.25) is 0 Å².